The molecule has 0 atom stereocenters. The Morgan fingerprint density at radius 2 is 1.30 bits per heavy atom. The highest BCUT2D eigenvalue weighted by atomic mass is 16.5. The van der Waals surface area contributed by atoms with Crippen LogP contribution in [0.25, 0.3) is 45.2 Å². The lowest BCUT2D eigenvalue weighted by Crippen LogP contribution is -2.05. The van der Waals surface area contributed by atoms with Crippen LogP contribution in [0.15, 0.2) is 121 Å². The number of nitrogens with zero attached hydrogens (tertiary/aromatic N) is 3. The van der Waals surface area contributed by atoms with Gasteiger partial charge in [-0.1, -0.05) is 91.0 Å². The Labute approximate surface area is 215 Å². The van der Waals surface area contributed by atoms with Gasteiger partial charge in [0.1, 0.15) is 0 Å². The van der Waals surface area contributed by atoms with E-state index in [9.17, 15) is 4.79 Å². The number of carbonyl (C=O) groups is 1. The van der Waals surface area contributed by atoms with Crippen LogP contribution in [-0.4, -0.2) is 26.5 Å². The first kappa shape index (κ1) is 22.6. The molecular formula is C32H25N3O2. The fourth-order valence-electron chi connectivity index (χ4n) is 4.69. The topological polar surface area (TPSA) is 48.5 Å². The van der Waals surface area contributed by atoms with Gasteiger partial charge in [-0.2, -0.15) is 0 Å². The van der Waals surface area contributed by atoms with Crippen molar-refractivity contribution in [3.63, 3.8) is 0 Å². The Balaban J connectivity index is 1.63. The molecule has 0 N–H and O–H groups in total. The summed E-state index contributed by atoms with van der Waals surface area (Å²) in [4.78, 5) is 17.5. The van der Waals surface area contributed by atoms with E-state index in [1.165, 1.54) is 0 Å². The number of ether oxygens (including phenoxy) is 1. The molecule has 5 nitrogen and oxygen atoms in total. The van der Waals surface area contributed by atoms with E-state index >= 15 is 0 Å². The van der Waals surface area contributed by atoms with Gasteiger partial charge in [0.15, 0.2) is 0 Å². The molecule has 0 aliphatic heterocycles. The lowest BCUT2D eigenvalue weighted by atomic mass is 10.0. The maximum Gasteiger partial charge on any atom is 0.338 e. The minimum absolute atomic E-state index is 0.325. The van der Waals surface area contributed by atoms with Crippen LogP contribution in [0.3, 0.4) is 0 Å². The first-order valence-corrected chi connectivity index (χ1v) is 12.3. The van der Waals surface area contributed by atoms with Crippen LogP contribution in [0.2, 0.25) is 0 Å². The molecule has 0 aliphatic carbocycles. The fourth-order valence-corrected chi connectivity index (χ4v) is 4.69. The number of fused-ring (bicyclic) bond motifs is 1. The molecule has 2 aromatic heterocycles. The molecule has 0 saturated heterocycles. The quantitative estimate of drug-likeness (QED) is 0.234. The van der Waals surface area contributed by atoms with Crippen molar-refractivity contribution < 1.29 is 9.53 Å². The van der Waals surface area contributed by atoms with Crippen molar-refractivity contribution in [1.82, 2.24) is 14.0 Å². The highest BCUT2D eigenvalue weighted by molar-refractivity contribution is 5.90. The van der Waals surface area contributed by atoms with Crippen LogP contribution in [0.1, 0.15) is 17.3 Å². The SMILES string of the molecule is CCOC(=O)c1ccc(-n2c(-c3ccccc3)cn3c(-c4ccccc4)c(-c4ccccc4)nc23)cc1. The third-order valence-corrected chi connectivity index (χ3v) is 6.39. The summed E-state index contributed by atoms with van der Waals surface area (Å²) in [7, 11) is 0. The number of carbonyl (C=O) groups excluding carboxylic acids is 1. The zero-order valence-corrected chi connectivity index (χ0v) is 20.4. The van der Waals surface area contributed by atoms with Gasteiger partial charge in [0.25, 0.3) is 0 Å². The van der Waals surface area contributed by atoms with Crippen LogP contribution >= 0.6 is 0 Å². The van der Waals surface area contributed by atoms with Crippen LogP contribution in [0.5, 0.6) is 0 Å². The van der Waals surface area contributed by atoms with Crippen molar-refractivity contribution in [2.75, 3.05) is 6.61 Å². The number of esters is 1. The average molecular weight is 484 g/mol. The third kappa shape index (κ3) is 4.10. The zero-order chi connectivity index (χ0) is 25.2. The summed E-state index contributed by atoms with van der Waals surface area (Å²) < 4.78 is 9.48. The summed E-state index contributed by atoms with van der Waals surface area (Å²) in [6.45, 7) is 2.15. The second-order valence-electron chi connectivity index (χ2n) is 8.69. The van der Waals surface area contributed by atoms with E-state index < -0.39 is 0 Å². The summed E-state index contributed by atoms with van der Waals surface area (Å²) in [6.07, 6.45) is 2.14. The van der Waals surface area contributed by atoms with Gasteiger partial charge in [0.2, 0.25) is 5.78 Å². The molecule has 6 rings (SSSR count). The molecule has 6 aromatic rings. The van der Waals surface area contributed by atoms with Crippen molar-refractivity contribution in [2.45, 2.75) is 6.92 Å². The number of imidazole rings is 2. The lowest BCUT2D eigenvalue weighted by molar-refractivity contribution is 0.0526. The van der Waals surface area contributed by atoms with Crippen molar-refractivity contribution in [2.24, 2.45) is 0 Å². The first-order valence-electron chi connectivity index (χ1n) is 12.3. The van der Waals surface area contributed by atoms with Crippen LogP contribution in [-0.2, 0) is 4.74 Å². The highest BCUT2D eigenvalue weighted by Gasteiger charge is 2.22. The largest absolute Gasteiger partial charge is 0.462 e. The number of hydrogen-bond donors (Lipinski definition) is 0. The monoisotopic (exact) mass is 483 g/mol. The van der Waals surface area contributed by atoms with E-state index in [2.05, 4.69) is 51.6 Å². The summed E-state index contributed by atoms with van der Waals surface area (Å²) in [6, 6.07) is 38.4. The molecule has 180 valence electrons. The number of benzene rings is 4. The molecule has 4 aromatic carbocycles. The molecule has 0 amide bonds. The van der Waals surface area contributed by atoms with Gasteiger partial charge in [-0.3, -0.25) is 8.97 Å². The van der Waals surface area contributed by atoms with Gasteiger partial charge < -0.3 is 4.74 Å². The zero-order valence-electron chi connectivity index (χ0n) is 20.4. The molecule has 0 bridgehead atoms. The van der Waals surface area contributed by atoms with Gasteiger partial charge in [-0.15, -0.1) is 0 Å². The minimum Gasteiger partial charge on any atom is -0.462 e. The number of hydrogen-bond acceptors (Lipinski definition) is 3. The average Bonchev–Trinajstić information content (AvgIpc) is 3.51. The van der Waals surface area contributed by atoms with Gasteiger partial charge in [-0.05, 0) is 31.2 Å². The fraction of sp³-hybridized carbons (Fsp3) is 0.0625. The maximum absolute atomic E-state index is 12.3. The van der Waals surface area contributed by atoms with Gasteiger partial charge in [0, 0.05) is 28.6 Å². The lowest BCUT2D eigenvalue weighted by Gasteiger charge is -2.10. The molecule has 0 fully saturated rings. The second-order valence-corrected chi connectivity index (χ2v) is 8.69. The smallest absolute Gasteiger partial charge is 0.338 e. The molecule has 2 heterocycles. The Morgan fingerprint density at radius 1 is 0.730 bits per heavy atom. The van der Waals surface area contributed by atoms with Crippen molar-refractivity contribution in [3.8, 4) is 39.5 Å². The predicted molar refractivity (Wildman–Crippen MR) is 147 cm³/mol. The minimum atomic E-state index is -0.325. The summed E-state index contributed by atoms with van der Waals surface area (Å²) in [5.74, 6) is 0.467. The molecule has 37 heavy (non-hydrogen) atoms. The molecule has 5 heteroatoms. The summed E-state index contributed by atoms with van der Waals surface area (Å²) >= 11 is 0. The maximum atomic E-state index is 12.3. The van der Waals surface area contributed by atoms with E-state index in [0.29, 0.717) is 12.2 Å². The van der Waals surface area contributed by atoms with Gasteiger partial charge in [-0.25, -0.2) is 9.78 Å². The second kappa shape index (κ2) is 9.63. The van der Waals surface area contributed by atoms with Crippen molar-refractivity contribution in [1.29, 1.82) is 0 Å². The third-order valence-electron chi connectivity index (χ3n) is 6.39. The molecule has 0 spiro atoms. The van der Waals surface area contributed by atoms with E-state index in [1.807, 2.05) is 73.7 Å². The molecule has 0 unspecified atom stereocenters. The van der Waals surface area contributed by atoms with Crippen molar-refractivity contribution >= 4 is 11.7 Å². The van der Waals surface area contributed by atoms with Crippen molar-refractivity contribution in [3.05, 3.63) is 127 Å². The van der Waals surface area contributed by atoms with E-state index in [1.54, 1.807) is 12.1 Å². The van der Waals surface area contributed by atoms with Crippen LogP contribution in [0.4, 0.5) is 0 Å². The molecule has 0 saturated carbocycles. The van der Waals surface area contributed by atoms with E-state index in [4.69, 9.17) is 9.72 Å². The first-order chi connectivity index (χ1) is 18.2. The summed E-state index contributed by atoms with van der Waals surface area (Å²) in [5, 5.41) is 0. The van der Waals surface area contributed by atoms with E-state index in [-0.39, 0.29) is 5.97 Å². The van der Waals surface area contributed by atoms with Crippen LogP contribution < -0.4 is 0 Å². The summed E-state index contributed by atoms with van der Waals surface area (Å²) in [5.41, 5.74) is 7.59. The standard InChI is InChI=1S/C32H25N3O2/c1-2-37-31(36)26-18-20-27(21-19-26)35-28(23-12-6-3-7-13-23)22-34-30(25-16-10-5-11-17-25)29(33-32(34)35)24-14-8-4-9-15-24/h3-22H,2H2,1H3. The number of rotatable bonds is 6. The predicted octanol–water partition coefficient (Wildman–Crippen LogP) is 7.30. The van der Waals surface area contributed by atoms with Gasteiger partial charge >= 0.3 is 5.97 Å². The van der Waals surface area contributed by atoms with Crippen LogP contribution in [0, 0.1) is 0 Å². The normalized spacial score (nSPS) is 11.1. The molecular weight excluding hydrogens is 458 g/mol. The van der Waals surface area contributed by atoms with E-state index in [0.717, 1.165) is 45.2 Å². The Morgan fingerprint density at radius 3 is 1.89 bits per heavy atom. The van der Waals surface area contributed by atoms with Gasteiger partial charge in [0.05, 0.1) is 29.3 Å². The Hall–Kier alpha value is -4.90. The molecule has 0 aliphatic rings. The Bertz CT molecular complexity index is 1670. The molecule has 0 radical (unpaired) electrons. The Kier molecular flexibility index (Phi) is 5.87. The number of aromatic nitrogens is 3. The highest BCUT2D eigenvalue weighted by Crippen LogP contribution is 2.37.